The smallest absolute Gasteiger partial charge is 0.407 e. The van der Waals surface area contributed by atoms with Crippen molar-refractivity contribution >= 4 is 39.8 Å². The van der Waals surface area contributed by atoms with Crippen molar-refractivity contribution in [1.82, 2.24) is 15.2 Å². The zero-order chi connectivity index (χ0) is 25.4. The lowest BCUT2D eigenvalue weighted by molar-refractivity contribution is -0.148. The van der Waals surface area contributed by atoms with E-state index in [1.165, 1.54) is 4.90 Å². The van der Waals surface area contributed by atoms with Gasteiger partial charge in [0.2, 0.25) is 5.91 Å². The number of carbonyl (C=O) groups is 3. The third-order valence-corrected chi connectivity index (χ3v) is 5.32. The van der Waals surface area contributed by atoms with Gasteiger partial charge < -0.3 is 19.7 Å². The molecule has 2 amide bonds. The van der Waals surface area contributed by atoms with Crippen molar-refractivity contribution < 1.29 is 23.9 Å². The summed E-state index contributed by atoms with van der Waals surface area (Å²) in [4.78, 5) is 43.4. The van der Waals surface area contributed by atoms with Gasteiger partial charge in [0.25, 0.3) is 0 Å². The summed E-state index contributed by atoms with van der Waals surface area (Å²) in [6, 6.07) is 15.7. The van der Waals surface area contributed by atoms with E-state index in [4.69, 9.17) is 14.5 Å². The fraction of sp³-hybridized carbons (Fsp3) is 0.407. The fourth-order valence-electron chi connectivity index (χ4n) is 3.85. The molecule has 8 heteroatoms. The first-order chi connectivity index (χ1) is 16.7. The molecule has 0 aliphatic rings. The quantitative estimate of drug-likeness (QED) is 0.364. The highest BCUT2D eigenvalue weighted by Gasteiger charge is 2.20. The molecule has 0 atom stereocenters. The molecule has 1 heterocycles. The molecule has 186 valence electrons. The molecular weight excluding hydrogens is 446 g/mol. The van der Waals surface area contributed by atoms with Crippen molar-refractivity contribution in [1.29, 1.82) is 0 Å². The number of aromatic nitrogens is 1. The van der Waals surface area contributed by atoms with Crippen LogP contribution in [0.2, 0.25) is 0 Å². The van der Waals surface area contributed by atoms with Crippen molar-refractivity contribution in [2.75, 3.05) is 26.2 Å². The zero-order valence-corrected chi connectivity index (χ0v) is 20.8. The monoisotopic (exact) mass is 479 g/mol. The van der Waals surface area contributed by atoms with E-state index in [9.17, 15) is 14.4 Å². The summed E-state index contributed by atoms with van der Waals surface area (Å²) in [5.41, 5.74) is 2.17. The van der Waals surface area contributed by atoms with Crippen LogP contribution in [0.25, 0.3) is 21.8 Å². The average molecular weight is 480 g/mol. The molecule has 8 nitrogen and oxygen atoms in total. The first kappa shape index (κ1) is 25.9. The Kier molecular flexibility index (Phi) is 8.63. The van der Waals surface area contributed by atoms with Gasteiger partial charge in [-0.1, -0.05) is 36.4 Å². The normalized spacial score (nSPS) is 11.3. The van der Waals surface area contributed by atoms with E-state index in [0.29, 0.717) is 6.42 Å². The molecule has 0 spiro atoms. The van der Waals surface area contributed by atoms with Crippen LogP contribution in [-0.2, 0) is 25.5 Å². The minimum Gasteiger partial charge on any atom is -0.465 e. The number of esters is 1. The first-order valence-electron chi connectivity index (χ1n) is 11.8. The summed E-state index contributed by atoms with van der Waals surface area (Å²) >= 11 is 0. The molecule has 2 aromatic carbocycles. The van der Waals surface area contributed by atoms with Crippen LogP contribution in [0.5, 0.6) is 0 Å². The van der Waals surface area contributed by atoms with Crippen molar-refractivity contribution in [3.63, 3.8) is 0 Å². The van der Waals surface area contributed by atoms with E-state index >= 15 is 0 Å². The summed E-state index contributed by atoms with van der Waals surface area (Å²) in [6.07, 6.45) is 0.112. The Hall–Kier alpha value is -3.68. The predicted octanol–water partition coefficient (Wildman–Crippen LogP) is 4.24. The van der Waals surface area contributed by atoms with Crippen LogP contribution >= 0.6 is 0 Å². The van der Waals surface area contributed by atoms with Gasteiger partial charge in [0.15, 0.2) is 0 Å². The van der Waals surface area contributed by atoms with Crippen molar-refractivity contribution in [3.05, 3.63) is 54.1 Å². The third kappa shape index (κ3) is 7.40. The second kappa shape index (κ2) is 11.6. The lowest BCUT2D eigenvalue weighted by Gasteiger charge is -2.23. The number of ether oxygens (including phenoxy) is 2. The van der Waals surface area contributed by atoms with Crippen LogP contribution in [0.1, 0.15) is 39.7 Å². The zero-order valence-electron chi connectivity index (χ0n) is 20.8. The summed E-state index contributed by atoms with van der Waals surface area (Å²) in [5, 5.41) is 4.64. The molecular formula is C27H33N3O5. The number of aryl methyl sites for hydroxylation is 1. The van der Waals surface area contributed by atoms with Gasteiger partial charge in [0.05, 0.1) is 17.6 Å². The third-order valence-electron chi connectivity index (χ3n) is 5.32. The van der Waals surface area contributed by atoms with E-state index in [0.717, 1.165) is 27.4 Å². The Labute approximate surface area is 205 Å². The SMILES string of the molecule is CCOC(=O)CN(CCNC(=O)OC(C)(C)C)C(=O)CCc1c2ccccc2nc2ccccc12. The second-order valence-corrected chi connectivity index (χ2v) is 9.17. The number of hydrogen-bond donors (Lipinski definition) is 1. The number of para-hydroxylation sites is 2. The molecule has 35 heavy (non-hydrogen) atoms. The predicted molar refractivity (Wildman–Crippen MR) is 135 cm³/mol. The highest BCUT2D eigenvalue weighted by atomic mass is 16.6. The highest BCUT2D eigenvalue weighted by molar-refractivity contribution is 5.97. The van der Waals surface area contributed by atoms with Crippen molar-refractivity contribution in [2.24, 2.45) is 0 Å². The number of fused-ring (bicyclic) bond motifs is 2. The number of pyridine rings is 1. The number of benzene rings is 2. The van der Waals surface area contributed by atoms with E-state index in [-0.39, 0.29) is 38.6 Å². The Bertz CT molecular complexity index is 1150. The number of nitrogens with one attached hydrogen (secondary N) is 1. The molecule has 0 bridgehead atoms. The maximum absolute atomic E-state index is 13.2. The van der Waals surface area contributed by atoms with E-state index in [2.05, 4.69) is 5.32 Å². The van der Waals surface area contributed by atoms with Crippen LogP contribution < -0.4 is 5.32 Å². The van der Waals surface area contributed by atoms with Gasteiger partial charge in [0, 0.05) is 30.3 Å². The van der Waals surface area contributed by atoms with Crippen LogP contribution in [-0.4, -0.2) is 59.7 Å². The fourth-order valence-corrected chi connectivity index (χ4v) is 3.85. The van der Waals surface area contributed by atoms with Gasteiger partial charge in [-0.25, -0.2) is 9.78 Å². The molecule has 0 saturated heterocycles. The minimum absolute atomic E-state index is 0.154. The molecule has 0 unspecified atom stereocenters. The van der Waals surface area contributed by atoms with E-state index in [1.54, 1.807) is 27.7 Å². The Balaban J connectivity index is 1.74. The lowest BCUT2D eigenvalue weighted by Crippen LogP contribution is -2.42. The molecule has 3 aromatic rings. The summed E-state index contributed by atoms with van der Waals surface area (Å²) in [6.45, 7) is 7.40. The summed E-state index contributed by atoms with van der Waals surface area (Å²) < 4.78 is 10.3. The van der Waals surface area contributed by atoms with Crippen molar-refractivity contribution in [2.45, 2.75) is 46.1 Å². The number of hydrogen-bond acceptors (Lipinski definition) is 6. The molecule has 0 saturated carbocycles. The molecule has 3 rings (SSSR count). The van der Waals surface area contributed by atoms with Crippen LogP contribution in [0.4, 0.5) is 4.79 Å². The molecule has 0 radical (unpaired) electrons. The largest absolute Gasteiger partial charge is 0.465 e. The second-order valence-electron chi connectivity index (χ2n) is 9.17. The van der Waals surface area contributed by atoms with Gasteiger partial charge in [-0.05, 0) is 51.8 Å². The Morgan fingerprint density at radius 1 is 0.971 bits per heavy atom. The maximum Gasteiger partial charge on any atom is 0.407 e. The molecule has 0 aliphatic heterocycles. The first-order valence-corrected chi connectivity index (χ1v) is 11.8. The number of nitrogens with zero attached hydrogens (tertiary/aromatic N) is 2. The van der Waals surface area contributed by atoms with Crippen LogP contribution in [0.3, 0.4) is 0 Å². The van der Waals surface area contributed by atoms with Gasteiger partial charge in [-0.15, -0.1) is 0 Å². The molecule has 1 aromatic heterocycles. The lowest BCUT2D eigenvalue weighted by atomic mass is 9.98. The van der Waals surface area contributed by atoms with E-state index in [1.807, 2.05) is 48.5 Å². The van der Waals surface area contributed by atoms with Crippen molar-refractivity contribution in [3.8, 4) is 0 Å². The van der Waals surface area contributed by atoms with Crippen LogP contribution in [0, 0.1) is 0 Å². The maximum atomic E-state index is 13.2. The number of carbonyl (C=O) groups excluding carboxylic acids is 3. The van der Waals surface area contributed by atoms with Gasteiger partial charge in [-0.2, -0.15) is 0 Å². The Morgan fingerprint density at radius 2 is 1.57 bits per heavy atom. The number of amides is 2. The summed E-state index contributed by atoms with van der Waals surface area (Å²) in [7, 11) is 0. The van der Waals surface area contributed by atoms with Gasteiger partial charge in [-0.3, -0.25) is 9.59 Å². The van der Waals surface area contributed by atoms with E-state index < -0.39 is 17.7 Å². The van der Waals surface area contributed by atoms with Gasteiger partial charge in [0.1, 0.15) is 12.1 Å². The number of rotatable bonds is 9. The topological polar surface area (TPSA) is 97.8 Å². The minimum atomic E-state index is -0.624. The number of alkyl carbamates (subject to hydrolysis) is 1. The highest BCUT2D eigenvalue weighted by Crippen LogP contribution is 2.27. The molecule has 0 fully saturated rings. The van der Waals surface area contributed by atoms with Crippen LogP contribution in [0.15, 0.2) is 48.5 Å². The summed E-state index contributed by atoms with van der Waals surface area (Å²) in [5.74, 6) is -0.688. The average Bonchev–Trinajstić information content (AvgIpc) is 2.80. The molecule has 0 aliphatic carbocycles. The standard InChI is InChI=1S/C27H33N3O5/c1-5-34-25(32)18-30(17-16-28-26(33)35-27(2,3)4)24(31)15-14-19-20-10-6-8-12-22(20)29-23-13-9-7-11-21(19)23/h6-13H,5,14-18H2,1-4H3,(H,28,33). The molecule has 1 N–H and O–H groups in total. The Morgan fingerprint density at radius 3 is 2.14 bits per heavy atom. The van der Waals surface area contributed by atoms with Gasteiger partial charge >= 0.3 is 12.1 Å².